The van der Waals surface area contributed by atoms with Gasteiger partial charge < -0.3 is 15.4 Å². The van der Waals surface area contributed by atoms with Crippen molar-refractivity contribution in [2.45, 2.75) is 33.4 Å². The van der Waals surface area contributed by atoms with E-state index in [9.17, 15) is 0 Å². The Bertz CT molecular complexity index is 770. The molecule has 3 rings (SSSR count). The van der Waals surface area contributed by atoms with Crippen molar-refractivity contribution < 1.29 is 4.74 Å². The Hall–Kier alpha value is -1.96. The molecule has 1 unspecified atom stereocenters. The summed E-state index contributed by atoms with van der Waals surface area (Å²) in [5.41, 5.74) is 2.62. The predicted octanol–water partition coefficient (Wildman–Crippen LogP) is 2.89. The van der Waals surface area contributed by atoms with Gasteiger partial charge in [-0.25, -0.2) is 9.98 Å². The number of ether oxygens (including phenoxy) is 1. The first-order chi connectivity index (χ1) is 13.7. The molecule has 7 heteroatoms. The van der Waals surface area contributed by atoms with Crippen LogP contribution in [0.3, 0.4) is 0 Å². The average molecular weight is 402 g/mol. The standard InChI is InChI=1S/C21H31N5OS/c1-4-22-21(25-15-20-23-13-17(3)28-20)24-14-19(26-8-10-27-11-9-26)18-7-5-6-16(2)12-18/h5-7,12-13,19H,4,8-11,14-15H2,1-3H3,(H2,22,24,25). The van der Waals surface area contributed by atoms with Crippen LogP contribution in [0.15, 0.2) is 35.5 Å². The summed E-state index contributed by atoms with van der Waals surface area (Å²) in [6.45, 7) is 12.0. The Balaban J connectivity index is 1.70. The topological polar surface area (TPSA) is 61.8 Å². The molecule has 1 fully saturated rings. The van der Waals surface area contributed by atoms with Crippen molar-refractivity contribution in [1.82, 2.24) is 20.5 Å². The van der Waals surface area contributed by atoms with Crippen molar-refractivity contribution in [2.75, 3.05) is 39.4 Å². The van der Waals surface area contributed by atoms with Gasteiger partial charge in [-0.15, -0.1) is 11.3 Å². The van der Waals surface area contributed by atoms with Crippen LogP contribution in [0.5, 0.6) is 0 Å². The first-order valence-corrected chi connectivity index (χ1v) is 10.8. The molecule has 2 heterocycles. The van der Waals surface area contributed by atoms with Gasteiger partial charge in [-0.2, -0.15) is 0 Å². The molecular formula is C21H31N5OS. The average Bonchev–Trinajstić information content (AvgIpc) is 3.12. The number of thiazole rings is 1. The van der Waals surface area contributed by atoms with Crippen LogP contribution in [0.1, 0.15) is 34.0 Å². The van der Waals surface area contributed by atoms with Crippen LogP contribution in [-0.2, 0) is 11.3 Å². The first kappa shape index (κ1) is 20.8. The molecule has 1 atom stereocenters. The zero-order chi connectivity index (χ0) is 19.8. The number of aliphatic imine (C=N–C) groups is 1. The van der Waals surface area contributed by atoms with E-state index in [0.717, 1.165) is 50.4 Å². The molecule has 1 aromatic heterocycles. The van der Waals surface area contributed by atoms with Gasteiger partial charge in [0.2, 0.25) is 0 Å². The van der Waals surface area contributed by atoms with Gasteiger partial charge in [0, 0.05) is 37.3 Å². The maximum absolute atomic E-state index is 5.56. The monoisotopic (exact) mass is 401 g/mol. The van der Waals surface area contributed by atoms with Gasteiger partial charge in [-0.05, 0) is 26.3 Å². The first-order valence-electron chi connectivity index (χ1n) is 9.97. The van der Waals surface area contributed by atoms with E-state index in [1.165, 1.54) is 16.0 Å². The molecule has 28 heavy (non-hydrogen) atoms. The second-order valence-corrected chi connectivity index (χ2v) is 8.34. The fraction of sp³-hybridized carbons (Fsp3) is 0.524. The third-order valence-electron chi connectivity index (χ3n) is 4.76. The maximum atomic E-state index is 5.56. The summed E-state index contributed by atoms with van der Waals surface area (Å²) in [7, 11) is 0. The molecular weight excluding hydrogens is 370 g/mol. The number of nitrogens with one attached hydrogen (secondary N) is 2. The van der Waals surface area contributed by atoms with Crippen molar-refractivity contribution in [3.05, 3.63) is 51.5 Å². The van der Waals surface area contributed by atoms with Gasteiger partial charge in [0.05, 0.1) is 25.8 Å². The Morgan fingerprint density at radius 1 is 1.29 bits per heavy atom. The minimum absolute atomic E-state index is 0.287. The minimum Gasteiger partial charge on any atom is -0.379 e. The minimum atomic E-state index is 0.287. The van der Waals surface area contributed by atoms with E-state index in [2.05, 4.69) is 65.6 Å². The quantitative estimate of drug-likeness (QED) is 0.552. The second-order valence-electron chi connectivity index (χ2n) is 7.02. The van der Waals surface area contributed by atoms with Crippen molar-refractivity contribution in [3.63, 3.8) is 0 Å². The number of aromatic nitrogens is 1. The van der Waals surface area contributed by atoms with Gasteiger partial charge in [0.25, 0.3) is 0 Å². The van der Waals surface area contributed by atoms with E-state index >= 15 is 0 Å². The summed E-state index contributed by atoms with van der Waals surface area (Å²) >= 11 is 1.70. The third-order valence-corrected chi connectivity index (χ3v) is 5.66. The van der Waals surface area contributed by atoms with E-state index < -0.39 is 0 Å². The number of aryl methyl sites for hydroxylation is 2. The molecule has 0 aliphatic carbocycles. The highest BCUT2D eigenvalue weighted by Crippen LogP contribution is 2.22. The maximum Gasteiger partial charge on any atom is 0.191 e. The van der Waals surface area contributed by atoms with Crippen LogP contribution in [0.2, 0.25) is 0 Å². The molecule has 0 saturated carbocycles. The van der Waals surface area contributed by atoms with E-state index in [1.807, 2.05) is 6.20 Å². The van der Waals surface area contributed by atoms with Crippen LogP contribution >= 0.6 is 11.3 Å². The number of nitrogens with zero attached hydrogens (tertiary/aromatic N) is 3. The Labute approximate surface area is 172 Å². The lowest BCUT2D eigenvalue weighted by molar-refractivity contribution is 0.0170. The molecule has 0 spiro atoms. The van der Waals surface area contributed by atoms with Gasteiger partial charge in [-0.3, -0.25) is 4.90 Å². The summed E-state index contributed by atoms with van der Waals surface area (Å²) in [5, 5.41) is 7.94. The second kappa shape index (κ2) is 10.5. The molecule has 0 bridgehead atoms. The van der Waals surface area contributed by atoms with Crippen molar-refractivity contribution in [3.8, 4) is 0 Å². The highest BCUT2D eigenvalue weighted by molar-refractivity contribution is 7.11. The van der Waals surface area contributed by atoms with Crippen molar-refractivity contribution in [1.29, 1.82) is 0 Å². The molecule has 1 saturated heterocycles. The molecule has 152 valence electrons. The normalized spacial score (nSPS) is 16.8. The lowest BCUT2D eigenvalue weighted by atomic mass is 10.0. The Morgan fingerprint density at radius 2 is 2.11 bits per heavy atom. The Kier molecular flexibility index (Phi) is 7.82. The molecule has 2 N–H and O–H groups in total. The van der Waals surface area contributed by atoms with E-state index in [4.69, 9.17) is 9.73 Å². The molecule has 6 nitrogen and oxygen atoms in total. The molecule has 0 amide bonds. The fourth-order valence-electron chi connectivity index (χ4n) is 3.38. The molecule has 1 aromatic carbocycles. The smallest absolute Gasteiger partial charge is 0.191 e. The molecule has 1 aliphatic rings. The third kappa shape index (κ3) is 6.02. The number of rotatable bonds is 7. The largest absolute Gasteiger partial charge is 0.379 e. The zero-order valence-corrected chi connectivity index (χ0v) is 17.9. The number of hydrogen-bond donors (Lipinski definition) is 2. The van der Waals surface area contributed by atoms with Crippen LogP contribution in [-0.4, -0.2) is 55.2 Å². The fourth-order valence-corrected chi connectivity index (χ4v) is 4.09. The SMILES string of the molecule is CCNC(=NCc1ncc(C)s1)NCC(c1cccc(C)c1)N1CCOCC1. The van der Waals surface area contributed by atoms with Crippen molar-refractivity contribution in [2.24, 2.45) is 4.99 Å². The summed E-state index contributed by atoms with van der Waals surface area (Å²) in [6, 6.07) is 9.08. The summed E-state index contributed by atoms with van der Waals surface area (Å²) in [6.07, 6.45) is 1.90. The van der Waals surface area contributed by atoms with E-state index in [1.54, 1.807) is 11.3 Å². The summed E-state index contributed by atoms with van der Waals surface area (Å²) in [4.78, 5) is 12.8. The van der Waals surface area contributed by atoms with Gasteiger partial charge in [0.1, 0.15) is 5.01 Å². The number of guanidine groups is 1. The Morgan fingerprint density at radius 3 is 2.79 bits per heavy atom. The molecule has 0 radical (unpaired) electrons. The molecule has 2 aromatic rings. The van der Waals surface area contributed by atoms with Crippen molar-refractivity contribution >= 4 is 17.3 Å². The highest BCUT2D eigenvalue weighted by Gasteiger charge is 2.23. The van der Waals surface area contributed by atoms with Crippen LogP contribution in [0, 0.1) is 13.8 Å². The molecule has 1 aliphatic heterocycles. The lowest BCUT2D eigenvalue weighted by Gasteiger charge is -2.35. The van der Waals surface area contributed by atoms with Crippen LogP contribution in [0.25, 0.3) is 0 Å². The predicted molar refractivity (Wildman–Crippen MR) is 116 cm³/mol. The lowest BCUT2D eigenvalue weighted by Crippen LogP contribution is -2.46. The van der Waals surface area contributed by atoms with Gasteiger partial charge >= 0.3 is 0 Å². The highest BCUT2D eigenvalue weighted by atomic mass is 32.1. The van der Waals surface area contributed by atoms with Crippen LogP contribution in [0.4, 0.5) is 0 Å². The van der Waals surface area contributed by atoms with Gasteiger partial charge in [0.15, 0.2) is 5.96 Å². The number of morpholine rings is 1. The van der Waals surface area contributed by atoms with Gasteiger partial charge in [-0.1, -0.05) is 29.8 Å². The zero-order valence-electron chi connectivity index (χ0n) is 17.1. The van der Waals surface area contributed by atoms with Crippen LogP contribution < -0.4 is 10.6 Å². The number of hydrogen-bond acceptors (Lipinski definition) is 5. The number of benzene rings is 1. The summed E-state index contributed by atoms with van der Waals surface area (Å²) in [5.74, 6) is 0.835. The van der Waals surface area contributed by atoms with E-state index in [-0.39, 0.29) is 6.04 Å². The van der Waals surface area contributed by atoms with E-state index in [0.29, 0.717) is 6.54 Å². The summed E-state index contributed by atoms with van der Waals surface area (Å²) < 4.78 is 5.56.